The molecular weight excluding hydrogens is 667 g/mol. The smallest absolute Gasteiger partial charge is 0.160 e. The van der Waals surface area contributed by atoms with Crippen molar-refractivity contribution < 1.29 is 0 Å². The van der Waals surface area contributed by atoms with Crippen LogP contribution in [0, 0.1) is 0 Å². The molecule has 0 unspecified atom stereocenters. The van der Waals surface area contributed by atoms with Crippen LogP contribution in [0.5, 0.6) is 0 Å². The predicted molar refractivity (Wildman–Crippen MR) is 229 cm³/mol. The molecule has 0 saturated carbocycles. The Morgan fingerprint density at radius 2 is 0.709 bits per heavy atom. The molecule has 0 saturated heterocycles. The highest BCUT2D eigenvalue weighted by molar-refractivity contribution is 6.23. The molecule has 3 heterocycles. The normalized spacial score (nSPS) is 11.6. The molecule has 11 aromatic rings. The lowest BCUT2D eigenvalue weighted by Crippen LogP contribution is -1.96. The first-order valence-corrected chi connectivity index (χ1v) is 18.7. The number of rotatable bonds is 6. The van der Waals surface area contributed by atoms with E-state index in [-0.39, 0.29) is 0 Å². The maximum absolute atomic E-state index is 5.08. The minimum absolute atomic E-state index is 0.715. The molecule has 0 aliphatic heterocycles. The van der Waals surface area contributed by atoms with Crippen molar-refractivity contribution >= 4 is 38.1 Å². The highest BCUT2D eigenvalue weighted by Gasteiger charge is 2.18. The van der Waals surface area contributed by atoms with E-state index in [2.05, 4.69) is 180 Å². The minimum Gasteiger partial charge on any atom is -0.308 e. The lowest BCUT2D eigenvalue weighted by Gasteiger charge is -2.11. The van der Waals surface area contributed by atoms with Gasteiger partial charge < -0.3 is 4.40 Å². The molecule has 0 atom stereocenters. The lowest BCUT2D eigenvalue weighted by atomic mass is 9.95. The summed E-state index contributed by atoms with van der Waals surface area (Å²) in [5, 5.41) is 5.20. The standard InChI is InChI=1S/C52H33N3/c1-3-13-34(14-4-1)47-33-48(54-52(53-47)35-15-5-2-6-16-35)42-22-11-21-40(31-42)38-19-9-17-36(29-38)37-18-10-20-39(30-37)41-27-28-44-46-25-12-24-45-43-23-7-8-26-49(43)55(51(45)46)50(44)32-41/h1-33H. The fourth-order valence-electron chi connectivity index (χ4n) is 8.29. The highest BCUT2D eigenvalue weighted by atomic mass is 14.9. The van der Waals surface area contributed by atoms with Crippen LogP contribution < -0.4 is 0 Å². The molecule has 11 rings (SSSR count). The molecule has 0 N–H and O–H groups in total. The molecular formula is C52H33N3. The van der Waals surface area contributed by atoms with Crippen molar-refractivity contribution in [3.8, 4) is 67.3 Å². The SMILES string of the molecule is c1ccc(-c2cc(-c3cccc(-c4cccc(-c5cccc(-c6ccc7c8cccc9c%10ccccc%10n(c7c6)c98)c5)c4)c3)nc(-c3ccccc3)n2)cc1. The number of hydrogen-bond acceptors (Lipinski definition) is 2. The number of benzene rings is 8. The summed E-state index contributed by atoms with van der Waals surface area (Å²) in [5.41, 5.74) is 15.8. The zero-order valence-electron chi connectivity index (χ0n) is 29.9. The average molecular weight is 700 g/mol. The second-order valence-electron chi connectivity index (χ2n) is 14.2. The first-order chi connectivity index (χ1) is 27.2. The molecule has 0 aliphatic carbocycles. The lowest BCUT2D eigenvalue weighted by molar-refractivity contribution is 1.18. The van der Waals surface area contributed by atoms with Gasteiger partial charge in [-0.05, 0) is 69.8 Å². The number of aromatic nitrogens is 3. The molecule has 256 valence electrons. The largest absolute Gasteiger partial charge is 0.308 e. The van der Waals surface area contributed by atoms with Crippen LogP contribution in [0.3, 0.4) is 0 Å². The van der Waals surface area contributed by atoms with Gasteiger partial charge in [0.15, 0.2) is 5.82 Å². The van der Waals surface area contributed by atoms with Crippen molar-refractivity contribution in [3.63, 3.8) is 0 Å². The first kappa shape index (κ1) is 31.2. The summed E-state index contributed by atoms with van der Waals surface area (Å²) < 4.78 is 2.45. The van der Waals surface area contributed by atoms with Crippen molar-refractivity contribution in [2.24, 2.45) is 0 Å². The van der Waals surface area contributed by atoms with Gasteiger partial charge in [-0.2, -0.15) is 0 Å². The summed E-state index contributed by atoms with van der Waals surface area (Å²) in [5.74, 6) is 0.715. The fraction of sp³-hybridized carbons (Fsp3) is 0. The van der Waals surface area contributed by atoms with Gasteiger partial charge in [0.25, 0.3) is 0 Å². The van der Waals surface area contributed by atoms with Crippen LogP contribution in [0.4, 0.5) is 0 Å². The zero-order chi connectivity index (χ0) is 36.3. The van der Waals surface area contributed by atoms with Crippen LogP contribution >= 0.6 is 0 Å². The van der Waals surface area contributed by atoms with Crippen molar-refractivity contribution in [1.82, 2.24) is 14.4 Å². The summed E-state index contributed by atoms with van der Waals surface area (Å²) in [4.78, 5) is 10.1. The van der Waals surface area contributed by atoms with Gasteiger partial charge in [0.1, 0.15) is 0 Å². The van der Waals surface area contributed by atoms with E-state index in [4.69, 9.17) is 9.97 Å². The van der Waals surface area contributed by atoms with Crippen molar-refractivity contribution in [1.29, 1.82) is 0 Å². The van der Waals surface area contributed by atoms with Gasteiger partial charge in [0.2, 0.25) is 0 Å². The van der Waals surface area contributed by atoms with Gasteiger partial charge in [-0.3, -0.25) is 0 Å². The number of para-hydroxylation sites is 2. The number of nitrogens with zero attached hydrogens (tertiary/aromatic N) is 3. The fourth-order valence-corrected chi connectivity index (χ4v) is 8.29. The Balaban J connectivity index is 0.966. The Morgan fingerprint density at radius 3 is 1.35 bits per heavy atom. The Labute approximate surface area is 318 Å². The van der Waals surface area contributed by atoms with Gasteiger partial charge in [0.05, 0.1) is 27.9 Å². The Hall–Kier alpha value is -7.36. The number of hydrogen-bond donors (Lipinski definition) is 0. The summed E-state index contributed by atoms with van der Waals surface area (Å²) in [7, 11) is 0. The summed E-state index contributed by atoms with van der Waals surface area (Å²) in [6, 6.07) is 71.5. The van der Waals surface area contributed by atoms with Crippen LogP contribution in [0.25, 0.3) is 105 Å². The Morgan fingerprint density at radius 1 is 0.273 bits per heavy atom. The summed E-state index contributed by atoms with van der Waals surface area (Å²) in [6.07, 6.45) is 0. The van der Waals surface area contributed by atoms with E-state index >= 15 is 0 Å². The predicted octanol–water partition coefficient (Wildman–Crippen LogP) is 13.6. The van der Waals surface area contributed by atoms with E-state index in [1.54, 1.807) is 0 Å². The topological polar surface area (TPSA) is 30.2 Å². The molecule has 3 nitrogen and oxygen atoms in total. The Kier molecular flexibility index (Phi) is 7.17. The molecule has 55 heavy (non-hydrogen) atoms. The monoisotopic (exact) mass is 699 g/mol. The number of fused-ring (bicyclic) bond motifs is 6. The van der Waals surface area contributed by atoms with Gasteiger partial charge in [-0.25, -0.2) is 9.97 Å². The average Bonchev–Trinajstić information content (AvgIpc) is 3.79. The molecule has 3 heteroatoms. The summed E-state index contributed by atoms with van der Waals surface area (Å²) in [6.45, 7) is 0. The minimum atomic E-state index is 0.715. The first-order valence-electron chi connectivity index (χ1n) is 18.7. The highest BCUT2D eigenvalue weighted by Crippen LogP contribution is 2.40. The Bertz CT molecular complexity index is 3140. The van der Waals surface area contributed by atoms with Crippen LogP contribution in [-0.4, -0.2) is 14.4 Å². The van der Waals surface area contributed by atoms with Gasteiger partial charge in [-0.1, -0.05) is 164 Å². The summed E-state index contributed by atoms with van der Waals surface area (Å²) >= 11 is 0. The third-order valence-electron chi connectivity index (χ3n) is 10.9. The van der Waals surface area contributed by atoms with Gasteiger partial charge >= 0.3 is 0 Å². The zero-order valence-corrected chi connectivity index (χ0v) is 29.9. The molecule has 8 aromatic carbocycles. The van der Waals surface area contributed by atoms with Gasteiger partial charge in [-0.15, -0.1) is 0 Å². The molecule has 0 amide bonds. The third-order valence-corrected chi connectivity index (χ3v) is 10.9. The molecule has 0 fully saturated rings. The maximum Gasteiger partial charge on any atom is 0.160 e. The van der Waals surface area contributed by atoms with E-state index in [9.17, 15) is 0 Å². The molecule has 0 spiro atoms. The van der Waals surface area contributed by atoms with E-state index < -0.39 is 0 Å². The molecule has 0 radical (unpaired) electrons. The van der Waals surface area contributed by atoms with E-state index in [1.807, 2.05) is 24.3 Å². The molecule has 0 aliphatic rings. The van der Waals surface area contributed by atoms with Crippen LogP contribution in [-0.2, 0) is 0 Å². The molecule has 3 aromatic heterocycles. The second kappa shape index (κ2) is 12.6. The van der Waals surface area contributed by atoms with E-state index in [1.165, 1.54) is 60.3 Å². The van der Waals surface area contributed by atoms with Crippen LogP contribution in [0.2, 0.25) is 0 Å². The second-order valence-corrected chi connectivity index (χ2v) is 14.2. The van der Waals surface area contributed by atoms with E-state index in [0.717, 1.165) is 39.2 Å². The van der Waals surface area contributed by atoms with Crippen molar-refractivity contribution in [2.75, 3.05) is 0 Å². The third kappa shape index (κ3) is 5.28. The van der Waals surface area contributed by atoms with Crippen molar-refractivity contribution in [3.05, 3.63) is 200 Å². The van der Waals surface area contributed by atoms with Crippen molar-refractivity contribution in [2.45, 2.75) is 0 Å². The maximum atomic E-state index is 5.08. The van der Waals surface area contributed by atoms with E-state index in [0.29, 0.717) is 5.82 Å². The van der Waals surface area contributed by atoms with Gasteiger partial charge in [0, 0.05) is 38.2 Å². The van der Waals surface area contributed by atoms with Crippen LogP contribution in [0.15, 0.2) is 200 Å². The molecule has 0 bridgehead atoms. The van der Waals surface area contributed by atoms with Crippen LogP contribution in [0.1, 0.15) is 0 Å². The quantitative estimate of drug-likeness (QED) is 0.173.